The number of phenolic OH excluding ortho intramolecular Hbond substituents is 1. The van der Waals surface area contributed by atoms with E-state index in [9.17, 15) is 14.7 Å². The third-order valence-electron chi connectivity index (χ3n) is 4.69. The van der Waals surface area contributed by atoms with Crippen LogP contribution in [0.15, 0.2) is 47.4 Å². The van der Waals surface area contributed by atoms with Crippen molar-refractivity contribution < 1.29 is 9.90 Å². The average molecular weight is 364 g/mol. The van der Waals surface area contributed by atoms with Crippen molar-refractivity contribution >= 4 is 22.5 Å². The number of carbonyl (C=O) groups is 1. The van der Waals surface area contributed by atoms with Gasteiger partial charge in [-0.3, -0.25) is 9.59 Å². The van der Waals surface area contributed by atoms with Crippen LogP contribution >= 0.6 is 0 Å². The molecule has 3 rings (SSSR count). The van der Waals surface area contributed by atoms with E-state index in [-0.39, 0.29) is 22.2 Å². The largest absolute Gasteiger partial charge is 0.508 e. The van der Waals surface area contributed by atoms with Gasteiger partial charge < -0.3 is 15.4 Å². The van der Waals surface area contributed by atoms with Crippen LogP contribution in [0.5, 0.6) is 5.75 Å². The maximum Gasteiger partial charge on any atom is 0.261 e. The molecule has 1 aromatic heterocycles. The van der Waals surface area contributed by atoms with Gasteiger partial charge in [-0.15, -0.1) is 0 Å². The number of aromatic nitrogens is 1. The Morgan fingerprint density at radius 3 is 2.56 bits per heavy atom. The number of phenols is 1. The van der Waals surface area contributed by atoms with E-state index >= 15 is 0 Å². The minimum atomic E-state index is -0.500. The van der Waals surface area contributed by atoms with Crippen LogP contribution in [-0.4, -0.2) is 16.0 Å². The minimum absolute atomic E-state index is 0.0372. The number of benzene rings is 2. The molecule has 0 radical (unpaired) electrons. The van der Waals surface area contributed by atoms with E-state index in [1.54, 1.807) is 24.3 Å². The van der Waals surface area contributed by atoms with E-state index < -0.39 is 5.91 Å². The molecule has 1 amide bonds. The molecule has 27 heavy (non-hydrogen) atoms. The third kappa shape index (κ3) is 3.58. The molecule has 5 heteroatoms. The number of aromatic amines is 1. The van der Waals surface area contributed by atoms with Crippen LogP contribution in [0.3, 0.4) is 0 Å². The fraction of sp³-hybridized carbons (Fsp3) is 0.273. The Bertz CT molecular complexity index is 1080. The summed E-state index contributed by atoms with van der Waals surface area (Å²) in [5.41, 5.74) is 2.42. The Morgan fingerprint density at radius 1 is 1.19 bits per heavy atom. The Balaban J connectivity index is 2.00. The fourth-order valence-corrected chi connectivity index (χ4v) is 3.17. The first-order valence-electron chi connectivity index (χ1n) is 9.00. The molecule has 0 atom stereocenters. The molecule has 0 fully saturated rings. The van der Waals surface area contributed by atoms with Gasteiger partial charge in [-0.05, 0) is 41.2 Å². The zero-order valence-corrected chi connectivity index (χ0v) is 16.0. The number of pyridine rings is 1. The number of fused-ring (bicyclic) bond motifs is 1. The SMILES string of the molecule is CCc1cc(C(C)(C)C)c(O)cc1NC(=O)c1c[nH]c2ccccc2c1=O. The Kier molecular flexibility index (Phi) is 4.79. The quantitative estimate of drug-likeness (QED) is 0.646. The molecule has 0 aliphatic heterocycles. The predicted octanol–water partition coefficient (Wildman–Crippen LogP) is 4.35. The van der Waals surface area contributed by atoms with Crippen molar-refractivity contribution in [1.82, 2.24) is 4.98 Å². The second-order valence-corrected chi connectivity index (χ2v) is 7.66. The van der Waals surface area contributed by atoms with Crippen LogP contribution in [-0.2, 0) is 11.8 Å². The molecule has 140 valence electrons. The zero-order chi connectivity index (χ0) is 19.8. The van der Waals surface area contributed by atoms with E-state index in [1.807, 2.05) is 39.8 Å². The number of aryl methyl sites for hydroxylation is 1. The molecule has 2 aromatic carbocycles. The van der Waals surface area contributed by atoms with Crippen LogP contribution in [0.1, 0.15) is 49.2 Å². The maximum atomic E-state index is 12.7. The van der Waals surface area contributed by atoms with Gasteiger partial charge in [0.05, 0.1) is 0 Å². The molecule has 0 saturated carbocycles. The lowest BCUT2D eigenvalue weighted by atomic mass is 9.84. The van der Waals surface area contributed by atoms with Gasteiger partial charge in [-0.1, -0.05) is 39.8 Å². The molecule has 0 unspecified atom stereocenters. The number of para-hydroxylation sites is 1. The van der Waals surface area contributed by atoms with Crippen molar-refractivity contribution in [3.63, 3.8) is 0 Å². The highest BCUT2D eigenvalue weighted by atomic mass is 16.3. The van der Waals surface area contributed by atoms with Gasteiger partial charge in [-0.25, -0.2) is 0 Å². The second-order valence-electron chi connectivity index (χ2n) is 7.66. The summed E-state index contributed by atoms with van der Waals surface area (Å²) in [5, 5.41) is 13.7. The number of rotatable bonds is 3. The smallest absolute Gasteiger partial charge is 0.261 e. The highest BCUT2D eigenvalue weighted by Gasteiger charge is 2.21. The van der Waals surface area contributed by atoms with E-state index in [2.05, 4.69) is 10.3 Å². The standard InChI is InChI=1S/C22H24N2O3/c1-5-13-10-16(22(2,3)4)19(25)11-18(13)24-21(27)15-12-23-17-9-7-6-8-14(17)20(15)26/h6-12,25H,5H2,1-4H3,(H,23,26)(H,24,27). The van der Waals surface area contributed by atoms with Crippen LogP contribution in [0.4, 0.5) is 5.69 Å². The Labute approximate surface area is 158 Å². The van der Waals surface area contributed by atoms with E-state index in [0.717, 1.165) is 11.1 Å². The number of hydrogen-bond acceptors (Lipinski definition) is 3. The van der Waals surface area contributed by atoms with Gasteiger partial charge in [0.2, 0.25) is 5.43 Å². The number of amides is 1. The molecule has 3 N–H and O–H groups in total. The first kappa shape index (κ1) is 18.7. The number of anilines is 1. The topological polar surface area (TPSA) is 82.2 Å². The van der Waals surface area contributed by atoms with Gasteiger partial charge in [0.15, 0.2) is 0 Å². The summed E-state index contributed by atoms with van der Waals surface area (Å²) in [4.78, 5) is 28.3. The summed E-state index contributed by atoms with van der Waals surface area (Å²) in [6.07, 6.45) is 2.11. The second kappa shape index (κ2) is 6.91. The first-order chi connectivity index (χ1) is 12.7. The molecule has 0 saturated heterocycles. The molecule has 1 heterocycles. The minimum Gasteiger partial charge on any atom is -0.508 e. The lowest BCUT2D eigenvalue weighted by Gasteiger charge is -2.23. The highest BCUT2D eigenvalue weighted by molar-refractivity contribution is 6.06. The van der Waals surface area contributed by atoms with Crippen LogP contribution in [0, 0.1) is 0 Å². The van der Waals surface area contributed by atoms with Crippen molar-refractivity contribution in [2.75, 3.05) is 5.32 Å². The van der Waals surface area contributed by atoms with Crippen molar-refractivity contribution in [2.24, 2.45) is 0 Å². The molecule has 0 aliphatic rings. The van der Waals surface area contributed by atoms with Crippen LogP contribution in [0.2, 0.25) is 0 Å². The zero-order valence-electron chi connectivity index (χ0n) is 16.0. The molecule has 3 aromatic rings. The maximum absolute atomic E-state index is 12.7. The number of hydrogen-bond donors (Lipinski definition) is 3. The van der Waals surface area contributed by atoms with Crippen molar-refractivity contribution in [3.8, 4) is 5.75 Å². The summed E-state index contributed by atoms with van der Waals surface area (Å²) in [6.45, 7) is 8.05. The van der Waals surface area contributed by atoms with Gasteiger partial charge in [0.1, 0.15) is 11.3 Å². The van der Waals surface area contributed by atoms with Crippen molar-refractivity contribution in [1.29, 1.82) is 0 Å². The van der Waals surface area contributed by atoms with E-state index in [1.165, 1.54) is 6.20 Å². The fourth-order valence-electron chi connectivity index (χ4n) is 3.17. The predicted molar refractivity (Wildman–Crippen MR) is 109 cm³/mol. The molecule has 5 nitrogen and oxygen atoms in total. The lowest BCUT2D eigenvalue weighted by molar-refractivity contribution is 0.102. The van der Waals surface area contributed by atoms with Gasteiger partial charge in [-0.2, -0.15) is 0 Å². The number of H-pyrrole nitrogens is 1. The molecule has 0 aliphatic carbocycles. The van der Waals surface area contributed by atoms with Crippen molar-refractivity contribution in [3.05, 3.63) is 69.5 Å². The third-order valence-corrected chi connectivity index (χ3v) is 4.69. The summed E-state index contributed by atoms with van der Waals surface area (Å²) in [6, 6.07) is 10.5. The van der Waals surface area contributed by atoms with Crippen LogP contribution < -0.4 is 10.7 Å². The Morgan fingerprint density at radius 2 is 1.89 bits per heavy atom. The summed E-state index contributed by atoms with van der Waals surface area (Å²) < 4.78 is 0. The lowest BCUT2D eigenvalue weighted by Crippen LogP contribution is -2.22. The Hall–Kier alpha value is -3.08. The van der Waals surface area contributed by atoms with E-state index in [4.69, 9.17) is 0 Å². The van der Waals surface area contributed by atoms with Gasteiger partial charge >= 0.3 is 0 Å². The summed E-state index contributed by atoms with van der Waals surface area (Å²) >= 11 is 0. The van der Waals surface area contributed by atoms with E-state index in [0.29, 0.717) is 23.0 Å². The first-order valence-corrected chi connectivity index (χ1v) is 9.00. The average Bonchev–Trinajstić information content (AvgIpc) is 2.61. The van der Waals surface area contributed by atoms with Crippen LogP contribution in [0.25, 0.3) is 10.9 Å². The van der Waals surface area contributed by atoms with Gasteiger partial charge in [0.25, 0.3) is 5.91 Å². The summed E-state index contributed by atoms with van der Waals surface area (Å²) in [5.74, 6) is -0.373. The van der Waals surface area contributed by atoms with Gasteiger partial charge in [0, 0.05) is 28.9 Å². The normalized spacial score (nSPS) is 11.6. The molecular formula is C22H24N2O3. The molecular weight excluding hydrogens is 340 g/mol. The highest BCUT2D eigenvalue weighted by Crippen LogP contribution is 2.35. The van der Waals surface area contributed by atoms with Crippen molar-refractivity contribution in [2.45, 2.75) is 39.5 Å². The molecule has 0 spiro atoms. The summed E-state index contributed by atoms with van der Waals surface area (Å²) in [7, 11) is 0. The monoisotopic (exact) mass is 364 g/mol. The number of aromatic hydroxyl groups is 1. The number of carbonyl (C=O) groups excluding carboxylic acids is 1. The molecule has 0 bridgehead atoms. The number of nitrogens with one attached hydrogen (secondary N) is 2.